The zero-order valence-electron chi connectivity index (χ0n) is 12.3. The summed E-state index contributed by atoms with van der Waals surface area (Å²) in [5.41, 5.74) is 0.924. The highest BCUT2D eigenvalue weighted by atomic mass is 16.4. The van der Waals surface area contributed by atoms with Gasteiger partial charge in [0.05, 0.1) is 0 Å². The molecule has 5 heteroatoms. The number of likely N-dealkylation sites (tertiary alicyclic amines) is 1. The van der Waals surface area contributed by atoms with Gasteiger partial charge in [-0.1, -0.05) is 30.3 Å². The van der Waals surface area contributed by atoms with E-state index in [1.54, 1.807) is 0 Å². The first-order valence-electron chi connectivity index (χ1n) is 7.65. The molecule has 0 aromatic heterocycles. The van der Waals surface area contributed by atoms with E-state index in [-0.39, 0.29) is 23.5 Å². The van der Waals surface area contributed by atoms with Crippen molar-refractivity contribution in [2.75, 3.05) is 0 Å². The fraction of sp³-hybridized carbons (Fsp3) is 0.471. The van der Waals surface area contributed by atoms with Crippen LogP contribution >= 0.6 is 0 Å². The zero-order valence-corrected chi connectivity index (χ0v) is 12.3. The zero-order chi connectivity index (χ0) is 15.7. The number of piperidine rings is 1. The molecular weight excluding hydrogens is 282 g/mol. The third-order valence-corrected chi connectivity index (χ3v) is 4.78. The maximum atomic E-state index is 12.7. The summed E-state index contributed by atoms with van der Waals surface area (Å²) >= 11 is 0. The molecule has 2 aliphatic rings. The molecule has 116 valence electrons. The number of rotatable bonds is 3. The predicted octanol–water partition coefficient (Wildman–Crippen LogP) is 1.86. The summed E-state index contributed by atoms with van der Waals surface area (Å²) in [5.74, 6) is -1.26. The summed E-state index contributed by atoms with van der Waals surface area (Å²) < 4.78 is 0. The van der Waals surface area contributed by atoms with Crippen molar-refractivity contribution in [2.24, 2.45) is 11.8 Å². The summed E-state index contributed by atoms with van der Waals surface area (Å²) in [7, 11) is 0. The maximum Gasteiger partial charge on any atom is 0.326 e. The number of aliphatic carboxylic acids is 1. The van der Waals surface area contributed by atoms with E-state index in [4.69, 9.17) is 0 Å². The lowest BCUT2D eigenvalue weighted by Gasteiger charge is -2.43. The van der Waals surface area contributed by atoms with Gasteiger partial charge < -0.3 is 10.0 Å². The predicted molar refractivity (Wildman–Crippen MR) is 78.9 cm³/mol. The van der Waals surface area contributed by atoms with Crippen LogP contribution in [0.25, 0.3) is 0 Å². The van der Waals surface area contributed by atoms with Gasteiger partial charge in [0.2, 0.25) is 5.91 Å². The Labute approximate surface area is 128 Å². The van der Waals surface area contributed by atoms with E-state index >= 15 is 0 Å². The van der Waals surface area contributed by atoms with Gasteiger partial charge in [0, 0.05) is 25.3 Å². The van der Waals surface area contributed by atoms with Crippen molar-refractivity contribution in [1.82, 2.24) is 4.90 Å². The summed E-state index contributed by atoms with van der Waals surface area (Å²) in [5, 5.41) is 9.48. The number of carboxylic acid groups (broad SMARTS) is 1. The first kappa shape index (κ1) is 14.8. The average molecular weight is 301 g/mol. The Kier molecular flexibility index (Phi) is 3.96. The third kappa shape index (κ3) is 2.75. The van der Waals surface area contributed by atoms with E-state index in [1.807, 2.05) is 30.3 Å². The summed E-state index contributed by atoms with van der Waals surface area (Å²) in [6, 6.07) is 8.59. The second kappa shape index (κ2) is 5.91. The molecule has 2 fully saturated rings. The Hall–Kier alpha value is -2.17. The van der Waals surface area contributed by atoms with Crippen LogP contribution in [-0.2, 0) is 20.9 Å². The monoisotopic (exact) mass is 301 g/mol. The minimum Gasteiger partial charge on any atom is -0.480 e. The number of ketones is 1. The van der Waals surface area contributed by atoms with Crippen LogP contribution in [0.3, 0.4) is 0 Å². The number of hydrogen-bond donors (Lipinski definition) is 1. The van der Waals surface area contributed by atoms with Crippen LogP contribution in [0.4, 0.5) is 0 Å². The normalized spacial score (nSPS) is 28.4. The highest BCUT2D eigenvalue weighted by Crippen LogP contribution is 2.38. The van der Waals surface area contributed by atoms with Gasteiger partial charge in [0.15, 0.2) is 0 Å². The van der Waals surface area contributed by atoms with Gasteiger partial charge >= 0.3 is 5.97 Å². The van der Waals surface area contributed by atoms with Crippen LogP contribution in [0, 0.1) is 11.8 Å². The van der Waals surface area contributed by atoms with Crippen LogP contribution in [-0.4, -0.2) is 33.7 Å². The van der Waals surface area contributed by atoms with Crippen molar-refractivity contribution >= 4 is 17.7 Å². The molecule has 0 spiro atoms. The van der Waals surface area contributed by atoms with E-state index in [9.17, 15) is 19.5 Å². The summed E-state index contributed by atoms with van der Waals surface area (Å²) in [6.45, 7) is 0.313. The lowest BCUT2D eigenvalue weighted by Crippen LogP contribution is -2.55. The summed E-state index contributed by atoms with van der Waals surface area (Å²) in [4.78, 5) is 37.4. The molecule has 1 heterocycles. The highest BCUT2D eigenvalue weighted by molar-refractivity contribution is 5.89. The Morgan fingerprint density at radius 2 is 1.95 bits per heavy atom. The molecule has 1 saturated heterocycles. The van der Waals surface area contributed by atoms with Crippen molar-refractivity contribution < 1.29 is 19.5 Å². The second-order valence-corrected chi connectivity index (χ2v) is 6.19. The number of amides is 1. The first-order chi connectivity index (χ1) is 10.6. The van der Waals surface area contributed by atoms with Crippen LogP contribution in [0.2, 0.25) is 0 Å². The van der Waals surface area contributed by atoms with Crippen LogP contribution in [0.1, 0.15) is 31.2 Å². The van der Waals surface area contributed by atoms with Gasteiger partial charge in [-0.05, 0) is 24.3 Å². The second-order valence-electron chi connectivity index (χ2n) is 6.19. The lowest BCUT2D eigenvalue weighted by atomic mass is 9.72. The molecule has 1 N–H and O–H groups in total. The van der Waals surface area contributed by atoms with Crippen LogP contribution < -0.4 is 0 Å². The van der Waals surface area contributed by atoms with Crippen molar-refractivity contribution in [3.05, 3.63) is 35.9 Å². The Bertz CT molecular complexity index is 598. The molecule has 3 rings (SSSR count). The van der Waals surface area contributed by atoms with E-state index < -0.39 is 12.0 Å². The SMILES string of the molecule is O=C1CC[C@H]2C(=O)N(Cc3ccccc3)C(C(=O)O)C[C@H]2C1. The van der Waals surface area contributed by atoms with Gasteiger partial charge in [0.1, 0.15) is 11.8 Å². The standard InChI is InChI=1S/C17H19NO4/c19-13-6-7-14-12(8-13)9-15(17(21)22)18(16(14)20)10-11-4-2-1-3-5-11/h1-5,12,14-15H,6-10H2,(H,21,22)/t12-,14-,15?/m1/s1. The van der Waals surface area contributed by atoms with Gasteiger partial charge in [-0.2, -0.15) is 0 Å². The molecule has 3 atom stereocenters. The van der Waals surface area contributed by atoms with Crippen LogP contribution in [0.5, 0.6) is 0 Å². The molecule has 1 unspecified atom stereocenters. The molecular formula is C17H19NO4. The summed E-state index contributed by atoms with van der Waals surface area (Å²) in [6.07, 6.45) is 1.72. The molecule has 1 saturated carbocycles. The van der Waals surface area contributed by atoms with Crippen molar-refractivity contribution in [1.29, 1.82) is 0 Å². The number of carboxylic acids is 1. The molecule has 1 aliphatic carbocycles. The molecule has 1 aliphatic heterocycles. The number of fused-ring (bicyclic) bond motifs is 1. The van der Waals surface area contributed by atoms with E-state index in [0.29, 0.717) is 32.2 Å². The Morgan fingerprint density at radius 3 is 2.64 bits per heavy atom. The molecule has 1 aromatic rings. The minimum absolute atomic E-state index is 0.109. The fourth-order valence-corrected chi connectivity index (χ4v) is 3.64. The Morgan fingerprint density at radius 1 is 1.23 bits per heavy atom. The quantitative estimate of drug-likeness (QED) is 0.924. The van der Waals surface area contributed by atoms with E-state index in [2.05, 4.69) is 0 Å². The average Bonchev–Trinajstić information content (AvgIpc) is 2.50. The number of nitrogens with zero attached hydrogens (tertiary/aromatic N) is 1. The first-order valence-corrected chi connectivity index (χ1v) is 7.65. The largest absolute Gasteiger partial charge is 0.480 e. The number of benzene rings is 1. The van der Waals surface area contributed by atoms with Gasteiger partial charge in [-0.25, -0.2) is 4.79 Å². The number of carbonyl (C=O) groups excluding carboxylic acids is 2. The van der Waals surface area contributed by atoms with Gasteiger partial charge in [-0.15, -0.1) is 0 Å². The van der Waals surface area contributed by atoms with E-state index in [1.165, 1.54) is 4.90 Å². The number of Topliss-reactive ketones (excluding diaryl/α,β-unsaturated/α-hetero) is 1. The number of carbonyl (C=O) groups is 3. The van der Waals surface area contributed by atoms with E-state index in [0.717, 1.165) is 5.56 Å². The smallest absolute Gasteiger partial charge is 0.326 e. The molecule has 0 radical (unpaired) electrons. The fourth-order valence-electron chi connectivity index (χ4n) is 3.64. The minimum atomic E-state index is -0.985. The van der Waals surface area contributed by atoms with Gasteiger partial charge in [0.25, 0.3) is 0 Å². The van der Waals surface area contributed by atoms with Crippen molar-refractivity contribution in [2.45, 2.75) is 38.3 Å². The van der Waals surface area contributed by atoms with Crippen molar-refractivity contribution in [3.63, 3.8) is 0 Å². The molecule has 5 nitrogen and oxygen atoms in total. The highest BCUT2D eigenvalue weighted by Gasteiger charge is 2.46. The molecule has 0 bridgehead atoms. The Balaban J connectivity index is 1.85. The topological polar surface area (TPSA) is 74.7 Å². The lowest BCUT2D eigenvalue weighted by molar-refractivity contribution is -0.161. The maximum absolute atomic E-state index is 12.7. The molecule has 22 heavy (non-hydrogen) atoms. The van der Waals surface area contributed by atoms with Gasteiger partial charge in [-0.3, -0.25) is 9.59 Å². The molecule has 1 amide bonds. The third-order valence-electron chi connectivity index (χ3n) is 4.78. The van der Waals surface area contributed by atoms with Crippen molar-refractivity contribution in [3.8, 4) is 0 Å². The number of hydrogen-bond acceptors (Lipinski definition) is 3. The molecule has 1 aromatic carbocycles. The van der Waals surface area contributed by atoms with Crippen LogP contribution in [0.15, 0.2) is 30.3 Å².